The van der Waals surface area contributed by atoms with Gasteiger partial charge in [0.05, 0.1) is 5.33 Å². The van der Waals surface area contributed by atoms with Crippen molar-refractivity contribution in [3.63, 3.8) is 0 Å². The Labute approximate surface area is 139 Å². The number of hydrogen-bond acceptors (Lipinski definition) is 3. The molecule has 0 unspecified atom stereocenters. The van der Waals surface area contributed by atoms with Crippen LogP contribution in [0, 0.1) is 0 Å². The van der Waals surface area contributed by atoms with Crippen molar-refractivity contribution in [3.05, 3.63) is 35.9 Å². The van der Waals surface area contributed by atoms with E-state index in [9.17, 15) is 9.59 Å². The van der Waals surface area contributed by atoms with Gasteiger partial charge in [-0.3, -0.25) is 4.79 Å². The Hall–Kier alpha value is -1.56. The lowest BCUT2D eigenvalue weighted by molar-refractivity contribution is -0.129. The van der Waals surface area contributed by atoms with Crippen LogP contribution in [0.25, 0.3) is 0 Å². The molecule has 0 aliphatic heterocycles. The molecular weight excluding hydrogens is 348 g/mol. The van der Waals surface area contributed by atoms with Gasteiger partial charge in [-0.05, 0) is 25.3 Å². The fourth-order valence-corrected chi connectivity index (χ4v) is 2.55. The second-order valence-electron chi connectivity index (χ2n) is 5.52. The van der Waals surface area contributed by atoms with Crippen LogP contribution in [0.3, 0.4) is 0 Å². The number of nitrogens with zero attached hydrogens (tertiary/aromatic N) is 1. The Morgan fingerprint density at radius 2 is 2.05 bits per heavy atom. The largest absolute Gasteiger partial charge is 0.445 e. The van der Waals surface area contributed by atoms with Gasteiger partial charge in [0.15, 0.2) is 0 Å². The number of nitrogens with one attached hydrogen (secondary N) is 1. The highest BCUT2D eigenvalue weighted by Crippen LogP contribution is 2.27. The van der Waals surface area contributed by atoms with E-state index in [1.54, 1.807) is 0 Å². The van der Waals surface area contributed by atoms with Crippen molar-refractivity contribution in [2.45, 2.75) is 38.5 Å². The summed E-state index contributed by atoms with van der Waals surface area (Å²) in [6.07, 6.45) is 1.63. The molecule has 1 aromatic rings. The molecule has 1 aliphatic carbocycles. The zero-order valence-corrected chi connectivity index (χ0v) is 14.2. The highest BCUT2D eigenvalue weighted by molar-refractivity contribution is 9.09. The number of halogens is 1. The number of amides is 2. The smallest absolute Gasteiger partial charge is 0.407 e. The molecule has 0 bridgehead atoms. The van der Waals surface area contributed by atoms with Gasteiger partial charge >= 0.3 is 6.09 Å². The first-order chi connectivity index (χ1) is 10.6. The zero-order chi connectivity index (χ0) is 15.9. The quantitative estimate of drug-likeness (QED) is 0.752. The average Bonchev–Trinajstić information content (AvgIpc) is 3.35. The second-order valence-corrected chi connectivity index (χ2v) is 6.08. The molecule has 1 atom stereocenters. The number of carbonyl (C=O) groups excluding carboxylic acids is 2. The summed E-state index contributed by atoms with van der Waals surface area (Å²) in [5.74, 6) is 0.0637. The molecule has 1 fully saturated rings. The summed E-state index contributed by atoms with van der Waals surface area (Å²) in [4.78, 5) is 25.5. The predicted octanol–water partition coefficient (Wildman–Crippen LogP) is 2.69. The summed E-state index contributed by atoms with van der Waals surface area (Å²) in [5, 5.41) is 3.09. The van der Waals surface area contributed by atoms with Crippen molar-refractivity contribution in [2.24, 2.45) is 0 Å². The Kier molecular flexibility index (Phi) is 6.24. The van der Waals surface area contributed by atoms with Gasteiger partial charge in [-0.15, -0.1) is 0 Å². The lowest BCUT2D eigenvalue weighted by Gasteiger charge is -2.25. The molecule has 22 heavy (non-hydrogen) atoms. The first kappa shape index (κ1) is 16.8. The highest BCUT2D eigenvalue weighted by atomic mass is 79.9. The van der Waals surface area contributed by atoms with Crippen LogP contribution in [0.15, 0.2) is 30.3 Å². The Morgan fingerprint density at radius 3 is 2.64 bits per heavy atom. The molecule has 2 amide bonds. The molecular formula is C16H21BrN2O3. The minimum atomic E-state index is -0.460. The monoisotopic (exact) mass is 368 g/mol. The van der Waals surface area contributed by atoms with E-state index < -0.39 is 6.09 Å². The van der Waals surface area contributed by atoms with Crippen molar-refractivity contribution < 1.29 is 14.3 Å². The summed E-state index contributed by atoms with van der Waals surface area (Å²) in [6.45, 7) is 2.63. The van der Waals surface area contributed by atoms with Crippen LogP contribution in [0.4, 0.5) is 4.79 Å². The molecule has 0 radical (unpaired) electrons. The first-order valence-electron chi connectivity index (χ1n) is 7.42. The normalized spacial score (nSPS) is 15.0. The van der Waals surface area contributed by atoms with E-state index in [0.717, 1.165) is 18.4 Å². The summed E-state index contributed by atoms with van der Waals surface area (Å²) in [6, 6.07) is 9.71. The van der Waals surface area contributed by atoms with E-state index in [-0.39, 0.29) is 18.6 Å². The third-order valence-electron chi connectivity index (χ3n) is 3.47. The Balaban J connectivity index is 1.74. The summed E-state index contributed by atoms with van der Waals surface area (Å²) >= 11 is 3.20. The average molecular weight is 369 g/mol. The van der Waals surface area contributed by atoms with E-state index in [0.29, 0.717) is 17.9 Å². The van der Waals surface area contributed by atoms with Gasteiger partial charge in [-0.25, -0.2) is 4.79 Å². The van der Waals surface area contributed by atoms with Crippen LogP contribution in [0.5, 0.6) is 0 Å². The molecule has 0 saturated heterocycles. The van der Waals surface area contributed by atoms with E-state index in [1.807, 2.05) is 42.2 Å². The second kappa shape index (κ2) is 8.17. The lowest BCUT2D eigenvalue weighted by atomic mass is 10.2. The number of rotatable bonds is 7. The molecule has 1 saturated carbocycles. The van der Waals surface area contributed by atoms with Gasteiger partial charge in [0.2, 0.25) is 5.91 Å². The van der Waals surface area contributed by atoms with Crippen LogP contribution in [0.2, 0.25) is 0 Å². The number of benzene rings is 1. The van der Waals surface area contributed by atoms with E-state index in [1.165, 1.54) is 0 Å². The lowest BCUT2D eigenvalue weighted by Crippen LogP contribution is -2.45. The molecule has 0 heterocycles. The van der Waals surface area contributed by atoms with Crippen LogP contribution < -0.4 is 5.32 Å². The van der Waals surface area contributed by atoms with Gasteiger partial charge < -0.3 is 15.0 Å². The van der Waals surface area contributed by atoms with Gasteiger partial charge in [0.1, 0.15) is 6.61 Å². The molecule has 0 aromatic heterocycles. The molecule has 120 valence electrons. The van der Waals surface area contributed by atoms with Gasteiger partial charge in [-0.2, -0.15) is 0 Å². The van der Waals surface area contributed by atoms with Crippen LogP contribution in [0.1, 0.15) is 25.3 Å². The van der Waals surface area contributed by atoms with Crippen molar-refractivity contribution in [1.82, 2.24) is 10.2 Å². The summed E-state index contributed by atoms with van der Waals surface area (Å²) in [7, 11) is 0. The zero-order valence-electron chi connectivity index (χ0n) is 12.6. The highest BCUT2D eigenvalue weighted by Gasteiger charge is 2.32. The third kappa shape index (κ3) is 5.33. The number of alkyl halides is 1. The van der Waals surface area contributed by atoms with E-state index >= 15 is 0 Å². The maximum atomic E-state index is 11.9. The minimum Gasteiger partial charge on any atom is -0.445 e. The van der Waals surface area contributed by atoms with Gasteiger partial charge in [0, 0.05) is 18.6 Å². The number of carbonyl (C=O) groups is 2. The summed E-state index contributed by atoms with van der Waals surface area (Å²) < 4.78 is 5.18. The molecule has 1 N–H and O–H groups in total. The molecule has 1 aromatic carbocycles. The SMILES string of the molecule is C[C@@H](CN(C(=O)CBr)C1CC1)NC(=O)OCc1ccccc1. The number of hydrogen-bond donors (Lipinski definition) is 1. The molecule has 1 aliphatic rings. The van der Waals surface area contributed by atoms with E-state index in [4.69, 9.17) is 4.74 Å². The standard InChI is InChI=1S/C16H21BrN2O3/c1-12(10-19(14-7-8-14)15(20)9-17)18-16(21)22-11-13-5-3-2-4-6-13/h2-6,12,14H,7-11H2,1H3,(H,18,21)/t12-/m0/s1. The van der Waals surface area contributed by atoms with Crippen molar-refractivity contribution >= 4 is 27.9 Å². The fraction of sp³-hybridized carbons (Fsp3) is 0.500. The van der Waals surface area contributed by atoms with Crippen molar-refractivity contribution in [2.75, 3.05) is 11.9 Å². The van der Waals surface area contributed by atoms with Crippen molar-refractivity contribution in [1.29, 1.82) is 0 Å². The van der Waals surface area contributed by atoms with Gasteiger partial charge in [0.25, 0.3) is 0 Å². The van der Waals surface area contributed by atoms with E-state index in [2.05, 4.69) is 21.2 Å². The van der Waals surface area contributed by atoms with Crippen LogP contribution in [-0.2, 0) is 16.1 Å². The molecule has 0 spiro atoms. The Morgan fingerprint density at radius 1 is 1.36 bits per heavy atom. The minimum absolute atomic E-state index is 0.0637. The predicted molar refractivity (Wildman–Crippen MR) is 87.8 cm³/mol. The first-order valence-corrected chi connectivity index (χ1v) is 8.55. The maximum Gasteiger partial charge on any atom is 0.407 e. The topological polar surface area (TPSA) is 58.6 Å². The van der Waals surface area contributed by atoms with Crippen LogP contribution in [-0.4, -0.2) is 40.9 Å². The molecule has 2 rings (SSSR count). The molecule has 5 nitrogen and oxygen atoms in total. The fourth-order valence-electron chi connectivity index (χ4n) is 2.22. The third-order valence-corrected chi connectivity index (χ3v) is 3.95. The summed E-state index contributed by atoms with van der Waals surface area (Å²) in [5.41, 5.74) is 0.944. The molecule has 6 heteroatoms. The van der Waals surface area contributed by atoms with Crippen molar-refractivity contribution in [3.8, 4) is 0 Å². The number of alkyl carbamates (subject to hydrolysis) is 1. The van der Waals surface area contributed by atoms with Gasteiger partial charge in [-0.1, -0.05) is 46.3 Å². The van der Waals surface area contributed by atoms with Crippen LogP contribution >= 0.6 is 15.9 Å². The number of ether oxygens (including phenoxy) is 1. The Bertz CT molecular complexity index is 505. The maximum absolute atomic E-state index is 11.9.